The third-order valence-electron chi connectivity index (χ3n) is 4.06. The fraction of sp³-hybridized carbons (Fsp3) is 0.368. The topological polar surface area (TPSA) is 83.1 Å². The fourth-order valence-corrected chi connectivity index (χ4v) is 3.99. The average Bonchev–Trinajstić information content (AvgIpc) is 2.66. The van der Waals surface area contributed by atoms with Crippen molar-refractivity contribution >= 4 is 10.0 Å². The third-order valence-corrected chi connectivity index (χ3v) is 5.54. The van der Waals surface area contributed by atoms with E-state index in [1.807, 2.05) is 6.92 Å². The summed E-state index contributed by atoms with van der Waals surface area (Å²) in [7, 11) is 2.34. The molecule has 0 bridgehead atoms. The monoisotopic (exact) mass is 395 g/mol. The van der Waals surface area contributed by atoms with Crippen molar-refractivity contribution in [1.82, 2.24) is 4.72 Å². The van der Waals surface area contributed by atoms with Crippen LogP contribution in [0.2, 0.25) is 0 Å². The molecule has 0 saturated carbocycles. The molecule has 0 amide bonds. The Morgan fingerprint density at radius 3 is 2.19 bits per heavy atom. The van der Waals surface area contributed by atoms with E-state index in [2.05, 4.69) is 4.72 Å². The molecule has 0 aliphatic carbocycles. The first kappa shape index (κ1) is 20.9. The molecule has 7 nitrogen and oxygen atoms in total. The van der Waals surface area contributed by atoms with Gasteiger partial charge in [-0.1, -0.05) is 6.07 Å². The van der Waals surface area contributed by atoms with Crippen LogP contribution in [0, 0.1) is 6.92 Å². The molecule has 2 aromatic rings. The van der Waals surface area contributed by atoms with Crippen molar-refractivity contribution in [3.8, 4) is 23.0 Å². The van der Waals surface area contributed by atoms with Gasteiger partial charge < -0.3 is 18.9 Å². The predicted octanol–water partition coefficient (Wildman–Crippen LogP) is 2.55. The van der Waals surface area contributed by atoms with E-state index in [9.17, 15) is 8.42 Å². The minimum Gasteiger partial charge on any atom is -0.497 e. The molecule has 0 heterocycles. The van der Waals surface area contributed by atoms with Crippen LogP contribution in [0.25, 0.3) is 0 Å². The molecule has 0 radical (unpaired) electrons. The molecule has 27 heavy (non-hydrogen) atoms. The zero-order valence-electron chi connectivity index (χ0n) is 16.2. The van der Waals surface area contributed by atoms with E-state index in [-0.39, 0.29) is 11.4 Å². The number of benzene rings is 2. The number of hydrogen-bond donors (Lipinski definition) is 1. The predicted molar refractivity (Wildman–Crippen MR) is 103 cm³/mol. The highest BCUT2D eigenvalue weighted by Gasteiger charge is 2.20. The molecule has 1 N–H and O–H groups in total. The van der Waals surface area contributed by atoms with Gasteiger partial charge in [-0.05, 0) is 37.1 Å². The average molecular weight is 395 g/mol. The van der Waals surface area contributed by atoms with E-state index in [4.69, 9.17) is 18.9 Å². The van der Waals surface area contributed by atoms with Gasteiger partial charge in [0.25, 0.3) is 0 Å². The number of rotatable bonds is 9. The lowest BCUT2D eigenvalue weighted by molar-refractivity contribution is 0.345. The summed E-state index contributed by atoms with van der Waals surface area (Å²) in [5.74, 6) is 1.97. The summed E-state index contributed by atoms with van der Waals surface area (Å²) in [6.45, 7) is 2.00. The summed E-state index contributed by atoms with van der Waals surface area (Å²) in [6.07, 6.45) is 0.393. The Labute approximate surface area is 160 Å². The molecular weight excluding hydrogens is 370 g/mol. The molecule has 0 unspecified atom stereocenters. The fourth-order valence-electron chi connectivity index (χ4n) is 2.71. The van der Waals surface area contributed by atoms with Gasteiger partial charge in [-0.15, -0.1) is 0 Å². The maximum Gasteiger partial charge on any atom is 0.244 e. The Kier molecular flexibility index (Phi) is 6.92. The van der Waals surface area contributed by atoms with Crippen LogP contribution in [0.15, 0.2) is 35.2 Å². The van der Waals surface area contributed by atoms with E-state index < -0.39 is 10.0 Å². The van der Waals surface area contributed by atoms with Crippen LogP contribution in [-0.2, 0) is 16.4 Å². The van der Waals surface area contributed by atoms with Gasteiger partial charge in [0.1, 0.15) is 16.4 Å². The lowest BCUT2D eigenvalue weighted by Crippen LogP contribution is -2.26. The first-order valence-electron chi connectivity index (χ1n) is 8.29. The van der Waals surface area contributed by atoms with Crippen LogP contribution >= 0.6 is 0 Å². The highest BCUT2D eigenvalue weighted by atomic mass is 32.2. The molecule has 0 fully saturated rings. The first-order valence-corrected chi connectivity index (χ1v) is 9.77. The minimum absolute atomic E-state index is 0.111. The molecule has 0 saturated heterocycles. The van der Waals surface area contributed by atoms with Gasteiger partial charge in [0.15, 0.2) is 11.5 Å². The highest BCUT2D eigenvalue weighted by molar-refractivity contribution is 7.89. The second-order valence-corrected chi connectivity index (χ2v) is 7.56. The van der Waals surface area contributed by atoms with Crippen LogP contribution < -0.4 is 23.7 Å². The summed E-state index contributed by atoms with van der Waals surface area (Å²) in [4.78, 5) is 0.111. The van der Waals surface area contributed by atoms with Gasteiger partial charge in [-0.3, -0.25) is 0 Å². The van der Waals surface area contributed by atoms with Gasteiger partial charge in [0.2, 0.25) is 10.0 Å². The van der Waals surface area contributed by atoms with Gasteiger partial charge in [0.05, 0.1) is 28.4 Å². The van der Waals surface area contributed by atoms with Crippen molar-refractivity contribution in [1.29, 1.82) is 0 Å². The van der Waals surface area contributed by atoms with E-state index in [1.54, 1.807) is 37.4 Å². The summed E-state index contributed by atoms with van der Waals surface area (Å²) < 4.78 is 49.1. The van der Waals surface area contributed by atoms with Gasteiger partial charge >= 0.3 is 0 Å². The molecule has 0 aliphatic heterocycles. The highest BCUT2D eigenvalue weighted by Crippen LogP contribution is 2.35. The van der Waals surface area contributed by atoms with Gasteiger partial charge in [-0.2, -0.15) is 0 Å². The molecule has 8 heteroatoms. The van der Waals surface area contributed by atoms with Gasteiger partial charge in [-0.25, -0.2) is 13.1 Å². The van der Waals surface area contributed by atoms with Gasteiger partial charge in [0, 0.05) is 18.2 Å². The second-order valence-electron chi connectivity index (χ2n) is 5.82. The number of hydrogen-bond acceptors (Lipinski definition) is 6. The molecule has 0 spiro atoms. The quantitative estimate of drug-likeness (QED) is 0.703. The van der Waals surface area contributed by atoms with E-state index >= 15 is 0 Å². The van der Waals surface area contributed by atoms with E-state index in [0.29, 0.717) is 29.4 Å². The molecule has 0 atom stereocenters. The maximum atomic E-state index is 12.7. The standard InChI is InChI=1S/C19H25NO6S/c1-13-6-7-16(24-3)18(10-13)27(21,22)20-9-8-14-11-15(23-2)12-17(25-4)19(14)26-5/h6-7,10-12,20H,8-9H2,1-5H3. The number of methoxy groups -OCH3 is 4. The molecule has 2 aromatic carbocycles. The van der Waals surface area contributed by atoms with E-state index in [0.717, 1.165) is 11.1 Å². The number of sulfonamides is 1. The third kappa shape index (κ3) is 4.84. The van der Waals surface area contributed by atoms with Crippen molar-refractivity contribution in [3.63, 3.8) is 0 Å². The van der Waals surface area contributed by atoms with Crippen LogP contribution in [-0.4, -0.2) is 43.4 Å². The maximum absolute atomic E-state index is 12.7. The smallest absolute Gasteiger partial charge is 0.244 e. The van der Waals surface area contributed by atoms with Crippen molar-refractivity contribution in [2.45, 2.75) is 18.2 Å². The number of aryl methyl sites for hydroxylation is 1. The zero-order valence-corrected chi connectivity index (χ0v) is 17.0. The summed E-state index contributed by atoms with van der Waals surface area (Å²) in [6, 6.07) is 8.52. The van der Waals surface area contributed by atoms with Crippen LogP contribution in [0.5, 0.6) is 23.0 Å². The lowest BCUT2D eigenvalue weighted by atomic mass is 10.1. The molecule has 0 aliphatic rings. The lowest BCUT2D eigenvalue weighted by Gasteiger charge is -2.15. The van der Waals surface area contributed by atoms with Crippen molar-refractivity contribution in [2.75, 3.05) is 35.0 Å². The number of ether oxygens (including phenoxy) is 4. The molecule has 148 valence electrons. The summed E-state index contributed by atoms with van der Waals surface area (Å²) >= 11 is 0. The first-order chi connectivity index (χ1) is 12.9. The molecular formula is C19H25NO6S. The van der Waals surface area contributed by atoms with Crippen LogP contribution in [0.4, 0.5) is 0 Å². The Bertz CT molecular complexity index is 895. The SMILES string of the molecule is COc1cc(CCNS(=O)(=O)c2cc(C)ccc2OC)c(OC)c(OC)c1. The normalized spacial score (nSPS) is 11.1. The summed E-state index contributed by atoms with van der Waals surface area (Å²) in [5.41, 5.74) is 1.60. The Hall–Kier alpha value is -2.45. The Balaban J connectivity index is 2.22. The molecule has 2 rings (SSSR count). The summed E-state index contributed by atoms with van der Waals surface area (Å²) in [5, 5.41) is 0. The Morgan fingerprint density at radius 1 is 0.889 bits per heavy atom. The van der Waals surface area contributed by atoms with Crippen molar-refractivity contribution in [2.24, 2.45) is 0 Å². The van der Waals surface area contributed by atoms with Crippen molar-refractivity contribution < 1.29 is 27.4 Å². The Morgan fingerprint density at radius 2 is 1.59 bits per heavy atom. The number of nitrogens with one attached hydrogen (secondary N) is 1. The molecule has 0 aromatic heterocycles. The minimum atomic E-state index is -3.72. The van der Waals surface area contributed by atoms with Crippen molar-refractivity contribution in [3.05, 3.63) is 41.5 Å². The van der Waals surface area contributed by atoms with Crippen LogP contribution in [0.3, 0.4) is 0 Å². The second kappa shape index (κ2) is 8.96. The van der Waals surface area contributed by atoms with Crippen LogP contribution in [0.1, 0.15) is 11.1 Å². The zero-order chi connectivity index (χ0) is 20.0. The van der Waals surface area contributed by atoms with E-state index in [1.165, 1.54) is 21.3 Å². The largest absolute Gasteiger partial charge is 0.497 e.